The molecular weight excluding hydrogens is 298 g/mol. The highest BCUT2D eigenvalue weighted by molar-refractivity contribution is 6.30. The first-order valence-electron chi connectivity index (χ1n) is 7.39. The summed E-state index contributed by atoms with van der Waals surface area (Å²) in [5.41, 5.74) is 1.76. The number of morpholine rings is 1. The van der Waals surface area contributed by atoms with Crippen molar-refractivity contribution < 1.29 is 9.53 Å². The highest BCUT2D eigenvalue weighted by Crippen LogP contribution is 2.26. The van der Waals surface area contributed by atoms with Gasteiger partial charge in [-0.05, 0) is 36.8 Å². The van der Waals surface area contributed by atoms with Gasteiger partial charge in [-0.15, -0.1) is 0 Å². The third-order valence-corrected chi connectivity index (χ3v) is 4.06. The van der Waals surface area contributed by atoms with E-state index in [0.29, 0.717) is 23.7 Å². The number of benzene rings is 2. The molecule has 0 radical (unpaired) electrons. The maximum Gasteiger partial charge on any atom is 0.254 e. The van der Waals surface area contributed by atoms with Gasteiger partial charge in [0.1, 0.15) is 6.10 Å². The Kier molecular flexibility index (Phi) is 4.46. The lowest BCUT2D eigenvalue weighted by Crippen LogP contribution is -2.45. The van der Waals surface area contributed by atoms with Gasteiger partial charge in [-0.3, -0.25) is 4.79 Å². The zero-order valence-corrected chi connectivity index (χ0v) is 13.2. The molecule has 4 heteroatoms. The van der Waals surface area contributed by atoms with Gasteiger partial charge in [-0.1, -0.05) is 41.9 Å². The molecule has 3 rings (SSSR count). The van der Waals surface area contributed by atoms with E-state index < -0.39 is 0 Å². The van der Waals surface area contributed by atoms with Crippen LogP contribution in [0.4, 0.5) is 0 Å². The van der Waals surface area contributed by atoms with Crippen molar-refractivity contribution in [2.24, 2.45) is 0 Å². The van der Waals surface area contributed by atoms with Crippen molar-refractivity contribution in [2.75, 3.05) is 13.1 Å². The number of hydrogen-bond donors (Lipinski definition) is 0. The van der Waals surface area contributed by atoms with Gasteiger partial charge in [0, 0.05) is 17.1 Å². The Morgan fingerprint density at radius 1 is 1.09 bits per heavy atom. The molecule has 1 saturated heterocycles. The fourth-order valence-corrected chi connectivity index (χ4v) is 2.87. The number of carbonyl (C=O) groups is 1. The summed E-state index contributed by atoms with van der Waals surface area (Å²) >= 11 is 5.88. The first kappa shape index (κ1) is 15.1. The van der Waals surface area contributed by atoms with E-state index in [9.17, 15) is 4.79 Å². The highest BCUT2D eigenvalue weighted by Gasteiger charge is 2.29. The van der Waals surface area contributed by atoms with Crippen LogP contribution < -0.4 is 0 Å². The van der Waals surface area contributed by atoms with Crippen LogP contribution in [0.5, 0.6) is 0 Å². The molecule has 1 fully saturated rings. The van der Waals surface area contributed by atoms with Crippen molar-refractivity contribution in [3.05, 3.63) is 70.7 Å². The number of carbonyl (C=O) groups excluding carboxylic acids is 1. The van der Waals surface area contributed by atoms with E-state index in [4.69, 9.17) is 16.3 Å². The summed E-state index contributed by atoms with van der Waals surface area (Å²) in [4.78, 5) is 14.5. The molecule has 2 aromatic carbocycles. The van der Waals surface area contributed by atoms with Gasteiger partial charge in [0.25, 0.3) is 5.91 Å². The molecule has 114 valence electrons. The Morgan fingerprint density at radius 2 is 1.77 bits per heavy atom. The molecule has 0 saturated carbocycles. The minimum atomic E-state index is -0.0822. The first-order chi connectivity index (χ1) is 10.6. The van der Waals surface area contributed by atoms with Crippen LogP contribution in [-0.4, -0.2) is 30.0 Å². The fraction of sp³-hybridized carbons (Fsp3) is 0.278. The van der Waals surface area contributed by atoms with Crippen molar-refractivity contribution in [3.63, 3.8) is 0 Å². The van der Waals surface area contributed by atoms with Gasteiger partial charge < -0.3 is 9.64 Å². The molecular formula is C18H18ClNO2. The lowest BCUT2D eigenvalue weighted by molar-refractivity contribution is -0.0691. The zero-order valence-electron chi connectivity index (χ0n) is 12.4. The minimum absolute atomic E-state index is 0.00945. The number of nitrogens with zero attached hydrogens (tertiary/aromatic N) is 1. The maximum atomic E-state index is 12.7. The number of amides is 1. The molecule has 0 spiro atoms. The summed E-state index contributed by atoms with van der Waals surface area (Å²) in [6.07, 6.45) is -0.0728. The van der Waals surface area contributed by atoms with Gasteiger partial charge in [0.2, 0.25) is 0 Å². The van der Waals surface area contributed by atoms with Gasteiger partial charge in [-0.2, -0.15) is 0 Å². The van der Waals surface area contributed by atoms with E-state index in [0.717, 1.165) is 5.56 Å². The van der Waals surface area contributed by atoms with Crippen LogP contribution in [0.25, 0.3) is 0 Å². The fourth-order valence-electron chi connectivity index (χ4n) is 2.74. The predicted octanol–water partition coefficient (Wildman–Crippen LogP) is 3.94. The smallest absolute Gasteiger partial charge is 0.254 e. The highest BCUT2D eigenvalue weighted by atomic mass is 35.5. The Hall–Kier alpha value is -1.84. The van der Waals surface area contributed by atoms with Crippen LogP contribution in [0.2, 0.25) is 5.02 Å². The second-order valence-electron chi connectivity index (χ2n) is 5.56. The maximum absolute atomic E-state index is 12.7. The standard InChI is InChI=1S/C18H18ClNO2/c1-13-11-20(18(21)15-7-9-16(19)10-8-15)12-17(22-13)14-5-3-2-4-6-14/h2-10,13,17H,11-12H2,1H3. The van der Waals surface area contributed by atoms with Gasteiger partial charge in [0.05, 0.1) is 12.6 Å². The Balaban J connectivity index is 1.78. The summed E-state index contributed by atoms with van der Waals surface area (Å²) < 4.78 is 5.99. The molecule has 0 aliphatic carbocycles. The number of halogens is 1. The molecule has 1 heterocycles. The second kappa shape index (κ2) is 6.51. The molecule has 1 amide bonds. The van der Waals surface area contributed by atoms with E-state index in [1.54, 1.807) is 24.3 Å². The van der Waals surface area contributed by atoms with Crippen LogP contribution >= 0.6 is 11.6 Å². The van der Waals surface area contributed by atoms with E-state index in [1.807, 2.05) is 42.2 Å². The molecule has 0 aromatic heterocycles. The topological polar surface area (TPSA) is 29.5 Å². The number of hydrogen-bond acceptors (Lipinski definition) is 2. The quantitative estimate of drug-likeness (QED) is 0.840. The SMILES string of the molecule is CC1CN(C(=O)c2ccc(Cl)cc2)CC(c2ccccc2)O1. The van der Waals surface area contributed by atoms with Crippen molar-refractivity contribution in [3.8, 4) is 0 Å². The van der Waals surface area contributed by atoms with Crippen molar-refractivity contribution in [1.82, 2.24) is 4.90 Å². The second-order valence-corrected chi connectivity index (χ2v) is 6.00. The monoisotopic (exact) mass is 315 g/mol. The van der Waals surface area contributed by atoms with Crippen molar-refractivity contribution in [1.29, 1.82) is 0 Å². The molecule has 0 N–H and O–H groups in total. The summed E-state index contributed by atoms with van der Waals surface area (Å²) in [5.74, 6) is 0.0211. The Labute approximate surface area is 135 Å². The van der Waals surface area contributed by atoms with E-state index in [2.05, 4.69) is 0 Å². The van der Waals surface area contributed by atoms with Gasteiger partial charge >= 0.3 is 0 Å². The lowest BCUT2D eigenvalue weighted by Gasteiger charge is -2.37. The Bertz CT molecular complexity index is 642. The van der Waals surface area contributed by atoms with Crippen LogP contribution in [-0.2, 0) is 4.74 Å². The zero-order chi connectivity index (χ0) is 15.5. The lowest BCUT2D eigenvalue weighted by atomic mass is 10.1. The average molecular weight is 316 g/mol. The molecule has 0 bridgehead atoms. The van der Waals surface area contributed by atoms with Gasteiger partial charge in [-0.25, -0.2) is 0 Å². The van der Waals surface area contributed by atoms with Crippen molar-refractivity contribution in [2.45, 2.75) is 19.1 Å². The summed E-state index contributed by atoms with van der Waals surface area (Å²) in [5, 5.41) is 0.633. The minimum Gasteiger partial charge on any atom is -0.367 e. The number of ether oxygens (including phenoxy) is 1. The van der Waals surface area contributed by atoms with Crippen LogP contribution in [0.1, 0.15) is 28.9 Å². The van der Waals surface area contributed by atoms with E-state index in [-0.39, 0.29) is 18.1 Å². The Morgan fingerprint density at radius 3 is 2.45 bits per heavy atom. The van der Waals surface area contributed by atoms with Crippen molar-refractivity contribution >= 4 is 17.5 Å². The molecule has 1 aliphatic rings. The summed E-state index contributed by atoms with van der Waals surface area (Å²) in [6.45, 7) is 3.16. The third-order valence-electron chi connectivity index (χ3n) is 3.81. The average Bonchev–Trinajstić information content (AvgIpc) is 2.55. The molecule has 2 unspecified atom stereocenters. The van der Waals surface area contributed by atoms with Crippen LogP contribution in [0.3, 0.4) is 0 Å². The van der Waals surface area contributed by atoms with Crippen LogP contribution in [0, 0.1) is 0 Å². The third kappa shape index (κ3) is 3.32. The number of rotatable bonds is 2. The van der Waals surface area contributed by atoms with Gasteiger partial charge in [0.15, 0.2) is 0 Å². The molecule has 2 aromatic rings. The van der Waals surface area contributed by atoms with Crippen LogP contribution in [0.15, 0.2) is 54.6 Å². The van der Waals surface area contributed by atoms with E-state index >= 15 is 0 Å². The summed E-state index contributed by atoms with van der Waals surface area (Å²) in [6, 6.07) is 17.0. The summed E-state index contributed by atoms with van der Waals surface area (Å²) in [7, 11) is 0. The largest absolute Gasteiger partial charge is 0.367 e. The molecule has 3 nitrogen and oxygen atoms in total. The first-order valence-corrected chi connectivity index (χ1v) is 7.76. The molecule has 1 aliphatic heterocycles. The predicted molar refractivity (Wildman–Crippen MR) is 87.1 cm³/mol. The van der Waals surface area contributed by atoms with E-state index in [1.165, 1.54) is 0 Å². The normalized spacial score (nSPS) is 21.6. The molecule has 2 atom stereocenters. The molecule has 22 heavy (non-hydrogen) atoms.